The molecule has 0 radical (unpaired) electrons. The fourth-order valence-electron chi connectivity index (χ4n) is 1.80. The predicted octanol–water partition coefficient (Wildman–Crippen LogP) is 3.20. The second kappa shape index (κ2) is 4.37. The smallest absolute Gasteiger partial charge is 0.354 e. The number of carbonyl (C=O) groups is 1. The van der Waals surface area contributed by atoms with Crippen LogP contribution in [0.25, 0.3) is 5.65 Å². The third-order valence-corrected chi connectivity index (χ3v) is 3.21. The van der Waals surface area contributed by atoms with Crippen LogP contribution in [0.2, 0.25) is 5.02 Å². The molecule has 2 rings (SSSR count). The minimum Gasteiger partial charge on any atom is -0.477 e. The van der Waals surface area contributed by atoms with Gasteiger partial charge in [0, 0.05) is 12.1 Å². The molecule has 1 atom stereocenters. The SMILES string of the molecule is CCC(C)c1nc2c(Cl)cccn2c1C(=O)O. The van der Waals surface area contributed by atoms with E-state index in [4.69, 9.17) is 11.6 Å². The monoisotopic (exact) mass is 252 g/mol. The Morgan fingerprint density at radius 3 is 2.94 bits per heavy atom. The van der Waals surface area contributed by atoms with Gasteiger partial charge in [-0.25, -0.2) is 9.78 Å². The molecule has 5 heteroatoms. The van der Waals surface area contributed by atoms with Crippen molar-refractivity contribution in [1.82, 2.24) is 9.38 Å². The number of hydrogen-bond donors (Lipinski definition) is 1. The number of hydrogen-bond acceptors (Lipinski definition) is 2. The van der Waals surface area contributed by atoms with Gasteiger partial charge in [-0.15, -0.1) is 0 Å². The van der Waals surface area contributed by atoms with Crippen molar-refractivity contribution in [2.24, 2.45) is 0 Å². The minimum atomic E-state index is -0.977. The van der Waals surface area contributed by atoms with E-state index in [9.17, 15) is 9.90 Å². The lowest BCUT2D eigenvalue weighted by atomic mass is 10.0. The van der Waals surface area contributed by atoms with Crippen LogP contribution < -0.4 is 0 Å². The molecule has 1 unspecified atom stereocenters. The van der Waals surface area contributed by atoms with E-state index >= 15 is 0 Å². The van der Waals surface area contributed by atoms with E-state index in [0.29, 0.717) is 16.4 Å². The first kappa shape index (κ1) is 11.9. The highest BCUT2D eigenvalue weighted by Crippen LogP contribution is 2.26. The topological polar surface area (TPSA) is 54.6 Å². The van der Waals surface area contributed by atoms with Gasteiger partial charge in [-0.2, -0.15) is 0 Å². The Morgan fingerprint density at radius 2 is 2.35 bits per heavy atom. The molecule has 0 saturated heterocycles. The zero-order valence-corrected chi connectivity index (χ0v) is 10.4. The summed E-state index contributed by atoms with van der Waals surface area (Å²) in [4.78, 5) is 15.7. The Morgan fingerprint density at radius 1 is 1.65 bits per heavy atom. The number of rotatable bonds is 3. The molecule has 0 aliphatic rings. The number of aromatic carboxylic acids is 1. The molecular weight excluding hydrogens is 240 g/mol. The maximum atomic E-state index is 11.3. The number of fused-ring (bicyclic) bond motifs is 1. The molecule has 0 spiro atoms. The van der Waals surface area contributed by atoms with Crippen molar-refractivity contribution in [1.29, 1.82) is 0 Å². The minimum absolute atomic E-state index is 0.0945. The molecule has 2 heterocycles. The molecule has 2 aromatic rings. The fourth-order valence-corrected chi connectivity index (χ4v) is 2.01. The number of pyridine rings is 1. The number of imidazole rings is 1. The lowest BCUT2D eigenvalue weighted by molar-refractivity contribution is 0.0687. The number of carboxylic acid groups (broad SMARTS) is 1. The summed E-state index contributed by atoms with van der Waals surface area (Å²) in [6.45, 7) is 3.96. The summed E-state index contributed by atoms with van der Waals surface area (Å²) in [5.74, 6) is -0.882. The highest BCUT2D eigenvalue weighted by atomic mass is 35.5. The first-order valence-electron chi connectivity index (χ1n) is 5.46. The van der Waals surface area contributed by atoms with Gasteiger partial charge in [-0.1, -0.05) is 25.4 Å². The Hall–Kier alpha value is -1.55. The number of carboxylic acids is 1. The van der Waals surface area contributed by atoms with E-state index in [1.165, 1.54) is 4.40 Å². The molecule has 0 aliphatic heterocycles. The van der Waals surface area contributed by atoms with Crippen molar-refractivity contribution in [2.45, 2.75) is 26.2 Å². The molecule has 2 aromatic heterocycles. The van der Waals surface area contributed by atoms with Crippen LogP contribution in [0.3, 0.4) is 0 Å². The normalized spacial score (nSPS) is 12.9. The van der Waals surface area contributed by atoms with E-state index in [1.807, 2.05) is 13.8 Å². The van der Waals surface area contributed by atoms with Gasteiger partial charge in [0.15, 0.2) is 11.3 Å². The third kappa shape index (κ3) is 1.89. The Bertz CT molecular complexity index is 577. The zero-order valence-electron chi connectivity index (χ0n) is 9.64. The fraction of sp³-hybridized carbons (Fsp3) is 0.333. The van der Waals surface area contributed by atoms with E-state index in [1.54, 1.807) is 18.3 Å². The van der Waals surface area contributed by atoms with Crippen molar-refractivity contribution >= 4 is 23.2 Å². The molecule has 1 N–H and O–H groups in total. The largest absolute Gasteiger partial charge is 0.477 e. The van der Waals surface area contributed by atoms with Gasteiger partial charge in [-0.05, 0) is 18.6 Å². The predicted molar refractivity (Wildman–Crippen MR) is 65.9 cm³/mol. The summed E-state index contributed by atoms with van der Waals surface area (Å²) in [5.41, 5.74) is 1.30. The van der Waals surface area contributed by atoms with Crippen LogP contribution in [-0.2, 0) is 0 Å². The third-order valence-electron chi connectivity index (χ3n) is 2.91. The van der Waals surface area contributed by atoms with Gasteiger partial charge in [0.05, 0.1) is 10.7 Å². The van der Waals surface area contributed by atoms with Crippen molar-refractivity contribution in [3.8, 4) is 0 Å². The van der Waals surface area contributed by atoms with E-state index < -0.39 is 5.97 Å². The van der Waals surface area contributed by atoms with Gasteiger partial charge < -0.3 is 5.11 Å². The Balaban J connectivity index is 2.79. The van der Waals surface area contributed by atoms with Gasteiger partial charge in [0.2, 0.25) is 0 Å². The van der Waals surface area contributed by atoms with Gasteiger partial charge in [0.1, 0.15) is 0 Å². The van der Waals surface area contributed by atoms with Gasteiger partial charge in [-0.3, -0.25) is 4.40 Å². The lowest BCUT2D eigenvalue weighted by Crippen LogP contribution is -2.07. The molecule has 4 nitrogen and oxygen atoms in total. The van der Waals surface area contributed by atoms with E-state index in [2.05, 4.69) is 4.98 Å². The summed E-state index contributed by atoms with van der Waals surface area (Å²) in [6, 6.07) is 3.42. The molecule has 0 aliphatic carbocycles. The second-order valence-electron chi connectivity index (χ2n) is 4.01. The van der Waals surface area contributed by atoms with E-state index in [-0.39, 0.29) is 11.6 Å². The number of halogens is 1. The van der Waals surface area contributed by atoms with Crippen LogP contribution in [0.5, 0.6) is 0 Å². The Labute approximate surface area is 104 Å². The van der Waals surface area contributed by atoms with Crippen molar-refractivity contribution in [3.63, 3.8) is 0 Å². The van der Waals surface area contributed by atoms with Crippen LogP contribution in [0.1, 0.15) is 42.4 Å². The lowest BCUT2D eigenvalue weighted by Gasteiger charge is -2.05. The summed E-state index contributed by atoms with van der Waals surface area (Å²) in [7, 11) is 0. The summed E-state index contributed by atoms with van der Waals surface area (Å²) in [6.07, 6.45) is 2.51. The number of nitrogens with zero attached hydrogens (tertiary/aromatic N) is 2. The van der Waals surface area contributed by atoms with Crippen molar-refractivity contribution in [2.75, 3.05) is 0 Å². The summed E-state index contributed by atoms with van der Waals surface area (Å²) < 4.78 is 1.53. The van der Waals surface area contributed by atoms with Crippen molar-refractivity contribution < 1.29 is 9.90 Å². The summed E-state index contributed by atoms with van der Waals surface area (Å²) in [5, 5.41) is 9.75. The van der Waals surface area contributed by atoms with Crippen LogP contribution >= 0.6 is 11.6 Å². The maximum absolute atomic E-state index is 11.3. The molecule has 0 amide bonds. The van der Waals surface area contributed by atoms with Crippen LogP contribution in [0.4, 0.5) is 0 Å². The molecule has 17 heavy (non-hydrogen) atoms. The highest BCUT2D eigenvalue weighted by Gasteiger charge is 2.22. The average molecular weight is 253 g/mol. The van der Waals surface area contributed by atoms with Gasteiger partial charge >= 0.3 is 5.97 Å². The maximum Gasteiger partial charge on any atom is 0.354 e. The number of aromatic nitrogens is 2. The molecule has 0 saturated carbocycles. The average Bonchev–Trinajstić information content (AvgIpc) is 2.68. The van der Waals surface area contributed by atoms with Crippen LogP contribution in [0.15, 0.2) is 18.3 Å². The Kier molecular flexibility index (Phi) is 3.07. The molecule has 0 fully saturated rings. The van der Waals surface area contributed by atoms with Crippen molar-refractivity contribution in [3.05, 3.63) is 34.7 Å². The van der Waals surface area contributed by atoms with Crippen LogP contribution in [-0.4, -0.2) is 20.5 Å². The molecular formula is C12H13ClN2O2. The first-order chi connectivity index (χ1) is 8.06. The van der Waals surface area contributed by atoms with Gasteiger partial charge in [0.25, 0.3) is 0 Å². The highest BCUT2D eigenvalue weighted by molar-refractivity contribution is 6.33. The molecule has 0 bridgehead atoms. The van der Waals surface area contributed by atoms with Crippen LogP contribution in [0, 0.1) is 0 Å². The first-order valence-corrected chi connectivity index (χ1v) is 5.83. The second-order valence-corrected chi connectivity index (χ2v) is 4.42. The standard InChI is InChI=1S/C12H13ClN2O2/c1-3-7(2)9-10(12(16)17)15-6-4-5-8(13)11(15)14-9/h4-7H,3H2,1-2H3,(H,16,17). The van der Waals surface area contributed by atoms with E-state index in [0.717, 1.165) is 6.42 Å². The molecule has 90 valence electrons. The quantitative estimate of drug-likeness (QED) is 0.913. The zero-order chi connectivity index (χ0) is 12.6. The summed E-state index contributed by atoms with van der Waals surface area (Å²) >= 11 is 6.02. The molecule has 0 aromatic carbocycles.